The third-order valence-electron chi connectivity index (χ3n) is 3.89. The Morgan fingerprint density at radius 2 is 1.82 bits per heavy atom. The highest BCUT2D eigenvalue weighted by Gasteiger charge is 2.31. The van der Waals surface area contributed by atoms with Gasteiger partial charge in [0.1, 0.15) is 25.6 Å². The van der Waals surface area contributed by atoms with Crippen LogP contribution in [0.2, 0.25) is 10.0 Å². The third kappa shape index (κ3) is 7.83. The summed E-state index contributed by atoms with van der Waals surface area (Å²) in [6.45, 7) is 1.39. The number of allylic oxidation sites excluding steroid dienone is 1. The average Bonchev–Trinajstić information content (AvgIpc) is 2.74. The molecule has 0 atom stereocenters. The van der Waals surface area contributed by atoms with E-state index in [1.807, 2.05) is 0 Å². The standard InChI is InChI=1S/C21H17BrCl2F3NO5/c1-2-33-28-18(20(29)30)14-6-4-3-5-12(14)11-32-13-9-15(23)19(16(24)10-13)31-8-7-17(22)21(25,26)27/h3-7,9-10H,2,8,11H2,1H3,(H,29,30). The van der Waals surface area contributed by atoms with Crippen LogP contribution in [0.15, 0.2) is 52.1 Å². The Morgan fingerprint density at radius 3 is 2.39 bits per heavy atom. The van der Waals surface area contributed by atoms with Crippen molar-refractivity contribution in [2.75, 3.05) is 13.2 Å². The minimum atomic E-state index is -4.53. The zero-order valence-corrected chi connectivity index (χ0v) is 20.1. The molecule has 0 fully saturated rings. The monoisotopic (exact) mass is 569 g/mol. The molecule has 0 spiro atoms. The summed E-state index contributed by atoms with van der Waals surface area (Å²) in [7, 11) is 0. The molecule has 0 radical (unpaired) electrons. The second kappa shape index (κ2) is 12.2. The molecule has 0 unspecified atom stereocenters. The molecule has 2 rings (SSSR count). The van der Waals surface area contributed by atoms with Gasteiger partial charge in [-0.05, 0) is 34.5 Å². The SMILES string of the molecule is CCON=C(C(=O)O)c1ccccc1COc1cc(Cl)c(OCC=C(Br)C(F)(F)F)c(Cl)c1. The number of hydrogen-bond acceptors (Lipinski definition) is 5. The van der Waals surface area contributed by atoms with Gasteiger partial charge in [0.05, 0.1) is 14.5 Å². The number of oxime groups is 1. The van der Waals surface area contributed by atoms with E-state index in [2.05, 4.69) is 21.1 Å². The summed E-state index contributed by atoms with van der Waals surface area (Å²) in [5.41, 5.74) is 0.527. The van der Waals surface area contributed by atoms with Crippen LogP contribution in [0.1, 0.15) is 18.1 Å². The number of carboxylic acid groups (broad SMARTS) is 1. The van der Waals surface area contributed by atoms with Crippen LogP contribution in [-0.2, 0) is 16.2 Å². The van der Waals surface area contributed by atoms with Crippen LogP contribution < -0.4 is 9.47 Å². The van der Waals surface area contributed by atoms with E-state index in [1.54, 1.807) is 31.2 Å². The smallest absolute Gasteiger partial charge is 0.422 e. The number of carboxylic acids is 1. The van der Waals surface area contributed by atoms with Crippen molar-refractivity contribution in [1.82, 2.24) is 0 Å². The highest BCUT2D eigenvalue weighted by molar-refractivity contribution is 9.11. The number of hydrogen-bond donors (Lipinski definition) is 1. The topological polar surface area (TPSA) is 77.4 Å². The van der Waals surface area contributed by atoms with Crippen LogP contribution in [0.25, 0.3) is 0 Å². The fraction of sp³-hybridized carbons (Fsp3) is 0.238. The van der Waals surface area contributed by atoms with E-state index in [9.17, 15) is 23.1 Å². The zero-order valence-electron chi connectivity index (χ0n) is 17.0. The minimum Gasteiger partial charge on any atom is -0.489 e. The normalized spacial score (nSPS) is 12.5. The summed E-state index contributed by atoms with van der Waals surface area (Å²) < 4.78 is 47.5. The maximum atomic E-state index is 12.5. The fourth-order valence-corrected chi connectivity index (χ4v) is 3.15. The molecule has 0 amide bonds. The van der Waals surface area contributed by atoms with E-state index in [1.165, 1.54) is 12.1 Å². The lowest BCUT2D eigenvalue weighted by Gasteiger charge is -2.14. The van der Waals surface area contributed by atoms with Gasteiger partial charge in [-0.1, -0.05) is 52.6 Å². The molecule has 0 saturated carbocycles. The van der Waals surface area contributed by atoms with Crippen LogP contribution in [0.3, 0.4) is 0 Å². The van der Waals surface area contributed by atoms with E-state index >= 15 is 0 Å². The van der Waals surface area contributed by atoms with Gasteiger partial charge in [-0.15, -0.1) is 0 Å². The van der Waals surface area contributed by atoms with Gasteiger partial charge in [0.25, 0.3) is 0 Å². The van der Waals surface area contributed by atoms with Crippen LogP contribution in [0.5, 0.6) is 11.5 Å². The van der Waals surface area contributed by atoms with Crippen molar-refractivity contribution in [3.8, 4) is 11.5 Å². The molecule has 0 aromatic heterocycles. The van der Waals surface area contributed by atoms with E-state index in [4.69, 9.17) is 37.5 Å². The molecule has 1 N–H and O–H groups in total. The zero-order chi connectivity index (χ0) is 24.6. The summed E-state index contributed by atoms with van der Waals surface area (Å²) in [6.07, 6.45) is -3.74. The lowest BCUT2D eigenvalue weighted by molar-refractivity contribution is -0.129. The maximum absolute atomic E-state index is 12.5. The van der Waals surface area contributed by atoms with Crippen molar-refractivity contribution < 1.29 is 37.4 Å². The molecular weight excluding hydrogens is 554 g/mol. The van der Waals surface area contributed by atoms with Gasteiger partial charge in [0, 0.05) is 17.7 Å². The molecule has 33 heavy (non-hydrogen) atoms. The number of carbonyl (C=O) groups is 1. The number of halogens is 6. The largest absolute Gasteiger partial charge is 0.489 e. The molecule has 0 aliphatic rings. The predicted octanol–water partition coefficient (Wildman–Crippen LogP) is 6.62. The summed E-state index contributed by atoms with van der Waals surface area (Å²) in [5.74, 6) is -1.05. The molecule has 178 valence electrons. The first-order chi connectivity index (χ1) is 15.5. The van der Waals surface area contributed by atoms with E-state index in [0.29, 0.717) is 11.1 Å². The number of nitrogens with zero attached hydrogens (tertiary/aromatic N) is 1. The Bertz CT molecular complexity index is 1040. The molecule has 0 heterocycles. The van der Waals surface area contributed by atoms with Crippen molar-refractivity contribution >= 4 is 50.8 Å². The van der Waals surface area contributed by atoms with Crippen molar-refractivity contribution in [2.45, 2.75) is 19.7 Å². The van der Waals surface area contributed by atoms with Crippen LogP contribution in [-0.4, -0.2) is 36.2 Å². The number of benzene rings is 2. The number of alkyl halides is 3. The van der Waals surface area contributed by atoms with Gasteiger partial charge >= 0.3 is 12.1 Å². The second-order valence-electron chi connectivity index (χ2n) is 6.19. The van der Waals surface area contributed by atoms with Crippen LogP contribution in [0.4, 0.5) is 13.2 Å². The summed E-state index contributed by atoms with van der Waals surface area (Å²) >= 11 is 14.7. The number of aliphatic carboxylic acids is 1. The Kier molecular flexibility index (Phi) is 9.87. The molecular formula is C21H17BrCl2F3NO5. The number of rotatable bonds is 10. The van der Waals surface area contributed by atoms with Crippen molar-refractivity contribution in [2.24, 2.45) is 5.16 Å². The molecule has 0 bridgehead atoms. The van der Waals surface area contributed by atoms with Gasteiger partial charge in [0.2, 0.25) is 0 Å². The highest BCUT2D eigenvalue weighted by Crippen LogP contribution is 2.37. The second-order valence-corrected chi connectivity index (χ2v) is 7.85. The molecule has 0 aliphatic heterocycles. The minimum absolute atomic E-state index is 0.0122. The lowest BCUT2D eigenvalue weighted by Crippen LogP contribution is -2.18. The quantitative estimate of drug-likeness (QED) is 0.257. The molecule has 2 aromatic carbocycles. The molecule has 0 aliphatic carbocycles. The average molecular weight is 571 g/mol. The Morgan fingerprint density at radius 1 is 1.18 bits per heavy atom. The van der Waals surface area contributed by atoms with Gasteiger partial charge in [-0.2, -0.15) is 13.2 Å². The first-order valence-electron chi connectivity index (χ1n) is 9.23. The summed E-state index contributed by atoms with van der Waals surface area (Å²) in [6, 6.07) is 9.32. The van der Waals surface area contributed by atoms with Crippen LogP contribution in [0, 0.1) is 0 Å². The van der Waals surface area contributed by atoms with Gasteiger partial charge in [-0.3, -0.25) is 0 Å². The third-order valence-corrected chi connectivity index (χ3v) is 5.22. The Hall–Kier alpha value is -2.43. The van der Waals surface area contributed by atoms with Crippen molar-refractivity contribution in [3.05, 3.63) is 68.1 Å². The van der Waals surface area contributed by atoms with E-state index in [-0.39, 0.29) is 40.5 Å². The van der Waals surface area contributed by atoms with E-state index < -0.39 is 23.2 Å². The Labute approximate surface area is 205 Å². The molecule has 12 heteroatoms. The molecule has 6 nitrogen and oxygen atoms in total. The first kappa shape index (κ1) is 26.8. The van der Waals surface area contributed by atoms with Gasteiger partial charge in [-0.25, -0.2) is 4.79 Å². The molecule has 0 saturated heterocycles. The van der Waals surface area contributed by atoms with Crippen LogP contribution >= 0.6 is 39.1 Å². The highest BCUT2D eigenvalue weighted by atomic mass is 79.9. The molecule has 2 aromatic rings. The summed E-state index contributed by atoms with van der Waals surface area (Å²) in [5, 5.41) is 13.1. The van der Waals surface area contributed by atoms with Gasteiger partial charge in [0.15, 0.2) is 11.5 Å². The maximum Gasteiger partial charge on any atom is 0.422 e. The lowest BCUT2D eigenvalue weighted by atomic mass is 10.0. The van der Waals surface area contributed by atoms with Gasteiger partial charge < -0.3 is 19.4 Å². The van der Waals surface area contributed by atoms with Crippen molar-refractivity contribution in [3.63, 3.8) is 0 Å². The fourth-order valence-electron chi connectivity index (χ4n) is 2.44. The van der Waals surface area contributed by atoms with Crippen molar-refractivity contribution in [1.29, 1.82) is 0 Å². The number of ether oxygens (including phenoxy) is 2. The summed E-state index contributed by atoms with van der Waals surface area (Å²) in [4.78, 5) is 16.5. The predicted molar refractivity (Wildman–Crippen MR) is 122 cm³/mol. The first-order valence-corrected chi connectivity index (χ1v) is 10.8. The van der Waals surface area contributed by atoms with E-state index in [0.717, 1.165) is 6.08 Å². The Balaban J connectivity index is 2.17.